The van der Waals surface area contributed by atoms with E-state index in [1.165, 1.54) is 77.9 Å². The molecule has 0 radical (unpaired) electrons. The van der Waals surface area contributed by atoms with Gasteiger partial charge in [0.25, 0.3) is 0 Å². The molecule has 0 nitrogen and oxygen atoms in total. The molecule has 170 valence electrons. The molecule has 0 atom stereocenters. The minimum atomic E-state index is 1.04. The van der Waals surface area contributed by atoms with Gasteiger partial charge in [-0.3, -0.25) is 0 Å². The molecule has 1 aliphatic carbocycles. The second-order valence-corrected chi connectivity index (χ2v) is 10.1. The lowest BCUT2D eigenvalue weighted by molar-refractivity contribution is 1.26. The summed E-state index contributed by atoms with van der Waals surface area (Å²) >= 11 is 0. The van der Waals surface area contributed by atoms with E-state index in [-0.39, 0.29) is 0 Å². The van der Waals surface area contributed by atoms with Gasteiger partial charge in [-0.25, -0.2) is 0 Å². The van der Waals surface area contributed by atoms with Crippen molar-refractivity contribution in [3.63, 3.8) is 0 Å². The summed E-state index contributed by atoms with van der Waals surface area (Å²) < 4.78 is 0. The molecule has 0 amide bonds. The largest absolute Gasteiger partial charge is 0.0610 e. The Labute approximate surface area is 208 Å². The van der Waals surface area contributed by atoms with E-state index in [2.05, 4.69) is 125 Å². The van der Waals surface area contributed by atoms with Gasteiger partial charge in [-0.05, 0) is 119 Å². The van der Waals surface area contributed by atoms with E-state index in [0.29, 0.717) is 0 Å². The van der Waals surface area contributed by atoms with Gasteiger partial charge >= 0.3 is 0 Å². The van der Waals surface area contributed by atoms with Gasteiger partial charge in [-0.2, -0.15) is 0 Å². The summed E-state index contributed by atoms with van der Waals surface area (Å²) in [6.07, 6.45) is 1.04. The zero-order valence-electron chi connectivity index (χ0n) is 20.9. The molecule has 0 aliphatic heterocycles. The van der Waals surface area contributed by atoms with Gasteiger partial charge in [-0.1, -0.05) is 90.0 Å². The normalized spacial score (nSPS) is 11.9. The van der Waals surface area contributed by atoms with E-state index in [1.54, 1.807) is 0 Å². The standard InChI is InChI=1S/C35H30/c1-22-8-10-24(3)32(16-22)33-20-28(13-11-25(33)4)26-6-5-7-27(18-26)29-14-15-31-19-30-12-9-23(2)17-34(30)35(31)21-29/h5-18,20-21H,19H2,1-4H3. The first-order valence-electron chi connectivity index (χ1n) is 12.5. The zero-order chi connectivity index (χ0) is 24.1. The average Bonchev–Trinajstić information content (AvgIpc) is 3.23. The van der Waals surface area contributed by atoms with Crippen molar-refractivity contribution in [2.75, 3.05) is 0 Å². The summed E-state index contributed by atoms with van der Waals surface area (Å²) in [5, 5.41) is 0. The van der Waals surface area contributed by atoms with E-state index >= 15 is 0 Å². The lowest BCUT2D eigenvalue weighted by Crippen LogP contribution is -1.90. The van der Waals surface area contributed by atoms with Crippen molar-refractivity contribution >= 4 is 0 Å². The Kier molecular flexibility index (Phi) is 5.19. The third-order valence-electron chi connectivity index (χ3n) is 7.50. The third-order valence-corrected chi connectivity index (χ3v) is 7.50. The predicted molar refractivity (Wildman–Crippen MR) is 150 cm³/mol. The highest BCUT2D eigenvalue weighted by atomic mass is 14.2. The van der Waals surface area contributed by atoms with Crippen LogP contribution in [0, 0.1) is 27.7 Å². The van der Waals surface area contributed by atoms with Crippen LogP contribution in [0.2, 0.25) is 0 Å². The van der Waals surface area contributed by atoms with Crippen molar-refractivity contribution in [2.24, 2.45) is 0 Å². The summed E-state index contributed by atoms with van der Waals surface area (Å²) in [4.78, 5) is 0. The first-order valence-corrected chi connectivity index (χ1v) is 12.5. The van der Waals surface area contributed by atoms with Crippen LogP contribution in [-0.4, -0.2) is 0 Å². The quantitative estimate of drug-likeness (QED) is 0.252. The first-order chi connectivity index (χ1) is 17.0. The van der Waals surface area contributed by atoms with Crippen LogP contribution < -0.4 is 0 Å². The maximum absolute atomic E-state index is 2.39. The van der Waals surface area contributed by atoms with E-state index in [0.717, 1.165) is 6.42 Å². The van der Waals surface area contributed by atoms with Crippen molar-refractivity contribution in [3.05, 3.63) is 130 Å². The second-order valence-electron chi connectivity index (χ2n) is 10.1. The molecular weight excluding hydrogens is 420 g/mol. The zero-order valence-corrected chi connectivity index (χ0v) is 20.9. The van der Waals surface area contributed by atoms with Gasteiger partial charge < -0.3 is 0 Å². The third kappa shape index (κ3) is 3.90. The summed E-state index contributed by atoms with van der Waals surface area (Å²) in [6, 6.07) is 36.4. The number of rotatable bonds is 3. The minimum absolute atomic E-state index is 1.04. The molecule has 0 aromatic heterocycles. The summed E-state index contributed by atoms with van der Waals surface area (Å²) in [5.74, 6) is 0. The molecule has 0 N–H and O–H groups in total. The van der Waals surface area contributed by atoms with E-state index in [1.807, 2.05) is 0 Å². The first kappa shape index (κ1) is 21.6. The molecule has 0 bridgehead atoms. The van der Waals surface area contributed by atoms with Gasteiger partial charge in [-0.15, -0.1) is 0 Å². The molecule has 0 fully saturated rings. The predicted octanol–water partition coefficient (Wildman–Crippen LogP) is 9.49. The van der Waals surface area contributed by atoms with Gasteiger partial charge in [0, 0.05) is 0 Å². The molecule has 0 saturated heterocycles. The highest BCUT2D eigenvalue weighted by Gasteiger charge is 2.19. The molecule has 0 heterocycles. The molecule has 35 heavy (non-hydrogen) atoms. The van der Waals surface area contributed by atoms with Crippen molar-refractivity contribution in [2.45, 2.75) is 34.1 Å². The average molecular weight is 451 g/mol. The summed E-state index contributed by atoms with van der Waals surface area (Å²) in [7, 11) is 0. The monoisotopic (exact) mass is 450 g/mol. The van der Waals surface area contributed by atoms with E-state index in [9.17, 15) is 0 Å². The highest BCUT2D eigenvalue weighted by molar-refractivity contribution is 5.84. The Balaban J connectivity index is 1.41. The molecule has 5 aromatic carbocycles. The van der Waals surface area contributed by atoms with Crippen LogP contribution in [0.1, 0.15) is 33.4 Å². The fourth-order valence-corrected chi connectivity index (χ4v) is 5.46. The van der Waals surface area contributed by atoms with Crippen LogP contribution in [-0.2, 0) is 6.42 Å². The molecular formula is C35H30. The van der Waals surface area contributed by atoms with Crippen LogP contribution in [0.5, 0.6) is 0 Å². The van der Waals surface area contributed by atoms with Gasteiger partial charge in [0.05, 0.1) is 0 Å². The molecule has 1 aliphatic rings. The second kappa shape index (κ2) is 8.40. The summed E-state index contributed by atoms with van der Waals surface area (Å²) in [5.41, 5.74) is 18.6. The molecule has 0 unspecified atom stereocenters. The fraction of sp³-hybridized carbons (Fsp3) is 0.143. The highest BCUT2D eigenvalue weighted by Crippen LogP contribution is 2.40. The maximum Gasteiger partial charge on any atom is -0.00134 e. The fourth-order valence-electron chi connectivity index (χ4n) is 5.46. The van der Waals surface area contributed by atoms with Crippen LogP contribution in [0.25, 0.3) is 44.5 Å². The number of hydrogen-bond acceptors (Lipinski definition) is 0. The Morgan fingerprint density at radius 1 is 0.400 bits per heavy atom. The van der Waals surface area contributed by atoms with Crippen molar-refractivity contribution in [3.8, 4) is 44.5 Å². The number of benzene rings is 5. The molecule has 0 spiro atoms. The van der Waals surface area contributed by atoms with Gasteiger partial charge in [0.2, 0.25) is 0 Å². The van der Waals surface area contributed by atoms with E-state index in [4.69, 9.17) is 0 Å². The number of fused-ring (bicyclic) bond motifs is 3. The lowest BCUT2D eigenvalue weighted by atomic mass is 9.91. The van der Waals surface area contributed by atoms with Gasteiger partial charge in [0.15, 0.2) is 0 Å². The molecule has 5 aromatic rings. The Morgan fingerprint density at radius 3 is 1.57 bits per heavy atom. The molecule has 0 saturated carbocycles. The Morgan fingerprint density at radius 2 is 0.857 bits per heavy atom. The number of aryl methyl sites for hydroxylation is 4. The Hall–Kier alpha value is -3.90. The van der Waals surface area contributed by atoms with Crippen LogP contribution >= 0.6 is 0 Å². The smallest absolute Gasteiger partial charge is 0.00134 e. The lowest BCUT2D eigenvalue weighted by Gasteiger charge is -2.14. The van der Waals surface area contributed by atoms with Crippen LogP contribution in [0.3, 0.4) is 0 Å². The molecule has 6 rings (SSSR count). The maximum atomic E-state index is 2.39. The minimum Gasteiger partial charge on any atom is -0.0610 e. The van der Waals surface area contributed by atoms with Crippen molar-refractivity contribution < 1.29 is 0 Å². The number of hydrogen-bond donors (Lipinski definition) is 0. The summed E-state index contributed by atoms with van der Waals surface area (Å²) in [6.45, 7) is 8.76. The van der Waals surface area contributed by atoms with Crippen LogP contribution in [0.15, 0.2) is 97.1 Å². The van der Waals surface area contributed by atoms with E-state index < -0.39 is 0 Å². The SMILES string of the molecule is Cc1ccc(C)c(-c2cc(-c3cccc(-c4ccc5c(c4)-c4cc(C)ccc4C5)c3)ccc2C)c1. The van der Waals surface area contributed by atoms with Gasteiger partial charge in [0.1, 0.15) is 0 Å². The topological polar surface area (TPSA) is 0 Å². The Bertz CT molecular complexity index is 1600. The molecule has 0 heteroatoms. The van der Waals surface area contributed by atoms with Crippen molar-refractivity contribution in [1.82, 2.24) is 0 Å². The van der Waals surface area contributed by atoms with Crippen molar-refractivity contribution in [1.29, 1.82) is 0 Å². The van der Waals surface area contributed by atoms with Crippen LogP contribution in [0.4, 0.5) is 0 Å².